The molecule has 1 aromatic heterocycles. The zero-order chi connectivity index (χ0) is 22.4. The van der Waals surface area contributed by atoms with Gasteiger partial charge in [0.15, 0.2) is 11.5 Å². The Morgan fingerprint density at radius 1 is 1.03 bits per heavy atom. The van der Waals surface area contributed by atoms with Crippen LogP contribution < -0.4 is 25.2 Å². The van der Waals surface area contributed by atoms with E-state index in [0.717, 1.165) is 28.5 Å². The van der Waals surface area contributed by atoms with Crippen molar-refractivity contribution in [2.45, 2.75) is 26.4 Å². The minimum atomic E-state index is -0.676. The van der Waals surface area contributed by atoms with Gasteiger partial charge < -0.3 is 29.1 Å². The molecule has 0 aliphatic heterocycles. The maximum atomic E-state index is 11.7. The SMILES string of the molecule is COc1ccc(CCNC[C@@H](O)COc2ccc3c(C)cc(=O)oc3c2C)cc1OC. The van der Waals surface area contributed by atoms with Gasteiger partial charge >= 0.3 is 5.63 Å². The van der Waals surface area contributed by atoms with Crippen LogP contribution in [0.3, 0.4) is 0 Å². The molecule has 3 rings (SSSR count). The van der Waals surface area contributed by atoms with Crippen molar-refractivity contribution in [3.05, 3.63) is 63.5 Å². The Morgan fingerprint density at radius 3 is 2.52 bits per heavy atom. The molecule has 1 heterocycles. The topological polar surface area (TPSA) is 90.2 Å². The molecule has 3 aromatic rings. The summed E-state index contributed by atoms with van der Waals surface area (Å²) >= 11 is 0. The fourth-order valence-electron chi connectivity index (χ4n) is 3.44. The van der Waals surface area contributed by atoms with Gasteiger partial charge in [-0.15, -0.1) is 0 Å². The first-order chi connectivity index (χ1) is 14.9. The van der Waals surface area contributed by atoms with Crippen LogP contribution in [0, 0.1) is 13.8 Å². The highest BCUT2D eigenvalue weighted by Gasteiger charge is 2.12. The number of fused-ring (bicyclic) bond motifs is 1. The van der Waals surface area contributed by atoms with Gasteiger partial charge in [0.2, 0.25) is 0 Å². The third kappa shape index (κ3) is 5.57. The molecule has 0 unspecified atom stereocenters. The highest BCUT2D eigenvalue weighted by Crippen LogP contribution is 2.29. The van der Waals surface area contributed by atoms with Crippen LogP contribution >= 0.6 is 0 Å². The molecule has 0 saturated heterocycles. The standard InChI is InChI=1S/C24H29NO6/c1-15-11-23(27)31-24-16(2)20(8-6-19(15)24)30-14-18(26)13-25-10-9-17-5-7-21(28-3)22(12-17)29-4/h5-8,11-12,18,25-26H,9-10,13-14H2,1-4H3/t18-/m1/s1. The summed E-state index contributed by atoms with van der Waals surface area (Å²) in [4.78, 5) is 11.7. The fraction of sp³-hybridized carbons (Fsp3) is 0.375. The zero-order valence-electron chi connectivity index (χ0n) is 18.4. The highest BCUT2D eigenvalue weighted by atomic mass is 16.5. The van der Waals surface area contributed by atoms with Crippen LogP contribution in [0.2, 0.25) is 0 Å². The number of methoxy groups -OCH3 is 2. The summed E-state index contributed by atoms with van der Waals surface area (Å²) in [7, 11) is 3.22. The lowest BCUT2D eigenvalue weighted by Crippen LogP contribution is -2.32. The first-order valence-electron chi connectivity index (χ1n) is 10.2. The van der Waals surface area contributed by atoms with E-state index in [9.17, 15) is 9.90 Å². The third-order valence-corrected chi connectivity index (χ3v) is 5.17. The molecule has 0 saturated carbocycles. The number of hydrogen-bond acceptors (Lipinski definition) is 7. The Hall–Kier alpha value is -3.03. The van der Waals surface area contributed by atoms with Crippen molar-refractivity contribution < 1.29 is 23.7 Å². The summed E-state index contributed by atoms with van der Waals surface area (Å²) in [5.41, 5.74) is 2.85. The predicted molar refractivity (Wildman–Crippen MR) is 120 cm³/mol. The molecule has 0 bridgehead atoms. The molecular formula is C24H29NO6. The molecule has 7 heteroatoms. The number of aryl methyl sites for hydroxylation is 2. The number of aliphatic hydroxyl groups excluding tert-OH is 1. The first kappa shape index (κ1) is 22.7. The summed E-state index contributed by atoms with van der Waals surface area (Å²) < 4.78 is 21.7. The number of hydrogen-bond donors (Lipinski definition) is 2. The summed E-state index contributed by atoms with van der Waals surface area (Å²) in [5, 5.41) is 14.4. The summed E-state index contributed by atoms with van der Waals surface area (Å²) in [5.74, 6) is 1.99. The van der Waals surface area contributed by atoms with Gasteiger partial charge in [-0.3, -0.25) is 0 Å². The normalized spacial score (nSPS) is 12.0. The monoisotopic (exact) mass is 427 g/mol. The van der Waals surface area contributed by atoms with Crippen LogP contribution in [-0.4, -0.2) is 45.1 Å². The van der Waals surface area contributed by atoms with Crippen LogP contribution in [-0.2, 0) is 6.42 Å². The minimum Gasteiger partial charge on any atom is -0.493 e. The second kappa shape index (κ2) is 10.3. The lowest BCUT2D eigenvalue weighted by atomic mass is 10.1. The van der Waals surface area contributed by atoms with Crippen molar-refractivity contribution >= 4 is 11.0 Å². The Bertz CT molecular complexity index is 1090. The van der Waals surface area contributed by atoms with Crippen molar-refractivity contribution in [1.82, 2.24) is 5.32 Å². The molecule has 1 atom stereocenters. The molecule has 7 nitrogen and oxygen atoms in total. The quantitative estimate of drug-likeness (QED) is 0.380. The van der Waals surface area contributed by atoms with E-state index >= 15 is 0 Å². The summed E-state index contributed by atoms with van der Waals surface area (Å²) in [6.45, 7) is 4.94. The Kier molecular flexibility index (Phi) is 7.55. The third-order valence-electron chi connectivity index (χ3n) is 5.17. The number of rotatable bonds is 10. The largest absolute Gasteiger partial charge is 0.493 e. The van der Waals surface area contributed by atoms with Gasteiger partial charge in [-0.25, -0.2) is 4.79 Å². The smallest absolute Gasteiger partial charge is 0.336 e. The molecule has 0 aliphatic carbocycles. The van der Waals surface area contributed by atoms with Crippen LogP contribution in [0.15, 0.2) is 45.6 Å². The molecule has 0 aliphatic rings. The van der Waals surface area contributed by atoms with Crippen LogP contribution in [0.25, 0.3) is 11.0 Å². The van der Waals surface area contributed by atoms with E-state index in [4.69, 9.17) is 18.6 Å². The van der Waals surface area contributed by atoms with E-state index < -0.39 is 6.10 Å². The van der Waals surface area contributed by atoms with Crippen molar-refractivity contribution in [1.29, 1.82) is 0 Å². The maximum absolute atomic E-state index is 11.7. The zero-order valence-corrected chi connectivity index (χ0v) is 18.4. The van der Waals surface area contributed by atoms with Crippen molar-refractivity contribution in [2.24, 2.45) is 0 Å². The van der Waals surface area contributed by atoms with Crippen molar-refractivity contribution in [2.75, 3.05) is 33.9 Å². The van der Waals surface area contributed by atoms with Gasteiger partial charge in [0.25, 0.3) is 0 Å². The van der Waals surface area contributed by atoms with E-state index in [-0.39, 0.29) is 12.2 Å². The number of ether oxygens (including phenoxy) is 3. The number of benzene rings is 2. The Labute approximate surface area is 181 Å². The lowest BCUT2D eigenvalue weighted by molar-refractivity contribution is 0.106. The fourth-order valence-corrected chi connectivity index (χ4v) is 3.44. The molecule has 2 N–H and O–H groups in total. The van der Waals surface area contributed by atoms with E-state index in [1.54, 1.807) is 14.2 Å². The number of nitrogens with one attached hydrogen (secondary N) is 1. The molecule has 31 heavy (non-hydrogen) atoms. The summed E-state index contributed by atoms with van der Waals surface area (Å²) in [6.07, 6.45) is 0.112. The summed E-state index contributed by atoms with van der Waals surface area (Å²) in [6, 6.07) is 11.0. The predicted octanol–water partition coefficient (Wildman–Crippen LogP) is 3.00. The molecule has 0 amide bonds. The van der Waals surface area contributed by atoms with E-state index in [2.05, 4.69) is 5.32 Å². The Balaban J connectivity index is 1.49. The van der Waals surface area contributed by atoms with Crippen LogP contribution in [0.4, 0.5) is 0 Å². The van der Waals surface area contributed by atoms with E-state index in [1.165, 1.54) is 6.07 Å². The second-order valence-electron chi connectivity index (χ2n) is 7.42. The lowest BCUT2D eigenvalue weighted by Gasteiger charge is -2.15. The van der Waals surface area contributed by atoms with E-state index in [0.29, 0.717) is 35.9 Å². The van der Waals surface area contributed by atoms with Gasteiger partial charge in [0.1, 0.15) is 24.0 Å². The first-order valence-corrected chi connectivity index (χ1v) is 10.2. The van der Waals surface area contributed by atoms with Gasteiger partial charge in [0.05, 0.1) is 14.2 Å². The van der Waals surface area contributed by atoms with E-state index in [1.807, 2.05) is 44.2 Å². The second-order valence-corrected chi connectivity index (χ2v) is 7.42. The molecule has 0 spiro atoms. The van der Waals surface area contributed by atoms with Gasteiger partial charge in [-0.1, -0.05) is 6.07 Å². The molecular weight excluding hydrogens is 398 g/mol. The average molecular weight is 427 g/mol. The molecule has 0 fully saturated rings. The highest BCUT2D eigenvalue weighted by molar-refractivity contribution is 5.84. The van der Waals surface area contributed by atoms with Gasteiger partial charge in [0, 0.05) is 23.6 Å². The van der Waals surface area contributed by atoms with Crippen LogP contribution in [0.1, 0.15) is 16.7 Å². The van der Waals surface area contributed by atoms with Crippen LogP contribution in [0.5, 0.6) is 17.2 Å². The molecule has 2 aromatic carbocycles. The molecule has 0 radical (unpaired) electrons. The van der Waals surface area contributed by atoms with Gasteiger partial charge in [-0.2, -0.15) is 0 Å². The average Bonchev–Trinajstić information content (AvgIpc) is 2.76. The molecule has 166 valence electrons. The van der Waals surface area contributed by atoms with Crippen molar-refractivity contribution in [3.8, 4) is 17.2 Å². The number of aliphatic hydroxyl groups is 1. The minimum absolute atomic E-state index is 0.131. The Morgan fingerprint density at radius 2 is 1.77 bits per heavy atom. The maximum Gasteiger partial charge on any atom is 0.336 e. The van der Waals surface area contributed by atoms with Crippen molar-refractivity contribution in [3.63, 3.8) is 0 Å². The van der Waals surface area contributed by atoms with Gasteiger partial charge in [-0.05, 0) is 62.2 Å².